The Balaban J connectivity index is 3.37. The van der Waals surface area contributed by atoms with Gasteiger partial charge in [0.15, 0.2) is 0 Å². The first-order chi connectivity index (χ1) is 38.0. The highest BCUT2D eigenvalue weighted by Crippen LogP contribution is 2.18. The highest BCUT2D eigenvalue weighted by molar-refractivity contribution is 5.76. The number of aliphatic hydroxyl groups is 2. The van der Waals surface area contributed by atoms with E-state index in [1.807, 2.05) is 0 Å². The minimum absolute atomic E-state index is 0.00842. The van der Waals surface area contributed by atoms with E-state index in [4.69, 9.17) is 4.74 Å². The van der Waals surface area contributed by atoms with Gasteiger partial charge in [-0.25, -0.2) is 0 Å². The number of rotatable bonds is 65. The quantitative estimate of drug-likeness (QED) is 0.0320. The van der Waals surface area contributed by atoms with Crippen LogP contribution in [0.2, 0.25) is 0 Å². The average molecular weight is 1080 g/mol. The third-order valence-electron chi connectivity index (χ3n) is 16.2. The van der Waals surface area contributed by atoms with Gasteiger partial charge in [-0.1, -0.05) is 320 Å². The number of amides is 1. The summed E-state index contributed by atoms with van der Waals surface area (Å²) < 4.78 is 5.50. The standard InChI is InChI=1S/C71H135NO5/c1-3-5-7-9-11-13-15-17-19-32-37-41-45-49-53-57-61-65-71(76)77-66-62-58-54-50-46-42-38-34-31-29-27-25-23-21-20-22-24-26-28-30-33-36-40-44-48-52-56-60-64-70(75)72-68(67-73)69(74)63-59-55-51-47-43-39-35-18-16-14-12-10-8-6-4-2/h11,13,17,19-21,68-69,73-74H,3-10,12,14-16,18,22-67H2,1-2H3,(H,72,75)/b13-11-,19-17-,21-20-. The van der Waals surface area contributed by atoms with Crippen molar-refractivity contribution < 1.29 is 24.5 Å². The van der Waals surface area contributed by atoms with E-state index in [1.165, 1.54) is 295 Å². The predicted molar refractivity (Wildman–Crippen MR) is 338 cm³/mol. The number of allylic oxidation sites excluding steroid dienone is 6. The fourth-order valence-electron chi connectivity index (χ4n) is 10.8. The van der Waals surface area contributed by atoms with Gasteiger partial charge >= 0.3 is 5.97 Å². The van der Waals surface area contributed by atoms with E-state index in [0.717, 1.165) is 51.4 Å². The molecule has 3 N–H and O–H groups in total. The van der Waals surface area contributed by atoms with Crippen LogP contribution in [0.3, 0.4) is 0 Å². The molecule has 0 saturated carbocycles. The van der Waals surface area contributed by atoms with Crippen LogP contribution in [0.25, 0.3) is 0 Å². The molecular formula is C71H135NO5. The number of aliphatic hydroxyl groups excluding tert-OH is 2. The SMILES string of the molecule is CCCCC/C=C\C/C=C\CCCCCCCCCC(=O)OCCCCCCCCCCCCCC/C=C\CCCCCCCCCCCCCCC(=O)NC(CO)C(O)CCCCCCCCCCCCCCCCC. The van der Waals surface area contributed by atoms with Gasteiger partial charge in [0.1, 0.15) is 0 Å². The normalized spacial score (nSPS) is 12.7. The van der Waals surface area contributed by atoms with E-state index in [0.29, 0.717) is 25.9 Å². The second-order valence-corrected chi connectivity index (χ2v) is 23.9. The number of nitrogens with one attached hydrogen (secondary N) is 1. The number of hydrogen-bond donors (Lipinski definition) is 3. The van der Waals surface area contributed by atoms with Crippen molar-refractivity contribution in [2.24, 2.45) is 0 Å². The second kappa shape index (κ2) is 66.6. The Morgan fingerprint density at radius 1 is 0.364 bits per heavy atom. The van der Waals surface area contributed by atoms with E-state index in [-0.39, 0.29) is 18.5 Å². The van der Waals surface area contributed by atoms with Gasteiger partial charge in [-0.3, -0.25) is 9.59 Å². The van der Waals surface area contributed by atoms with Crippen LogP contribution >= 0.6 is 0 Å². The Hall–Kier alpha value is -1.92. The summed E-state index contributed by atoms with van der Waals surface area (Å²) in [6.45, 7) is 4.95. The molecule has 0 bridgehead atoms. The first-order valence-electron chi connectivity index (χ1n) is 34.7. The molecule has 0 aromatic rings. The summed E-state index contributed by atoms with van der Waals surface area (Å²) in [5.41, 5.74) is 0. The molecule has 0 spiro atoms. The summed E-state index contributed by atoms with van der Waals surface area (Å²) in [5, 5.41) is 23.3. The number of esters is 1. The Morgan fingerprint density at radius 3 is 1.03 bits per heavy atom. The smallest absolute Gasteiger partial charge is 0.305 e. The molecule has 0 aliphatic carbocycles. The molecule has 77 heavy (non-hydrogen) atoms. The van der Waals surface area contributed by atoms with Gasteiger partial charge in [-0.05, 0) is 83.5 Å². The molecule has 0 fully saturated rings. The number of carbonyl (C=O) groups is 2. The lowest BCUT2D eigenvalue weighted by atomic mass is 10.0. The molecule has 0 saturated heterocycles. The molecule has 0 radical (unpaired) electrons. The molecule has 2 unspecified atom stereocenters. The number of ether oxygens (including phenoxy) is 1. The van der Waals surface area contributed by atoms with Crippen LogP contribution in [0.1, 0.15) is 380 Å². The summed E-state index contributed by atoms with van der Waals surface area (Å²) in [4.78, 5) is 24.6. The molecule has 6 heteroatoms. The van der Waals surface area contributed by atoms with Gasteiger partial charge in [0.25, 0.3) is 0 Å². The second-order valence-electron chi connectivity index (χ2n) is 23.9. The van der Waals surface area contributed by atoms with Crippen molar-refractivity contribution in [3.63, 3.8) is 0 Å². The van der Waals surface area contributed by atoms with Crippen LogP contribution in [-0.4, -0.2) is 47.4 Å². The first-order valence-corrected chi connectivity index (χ1v) is 34.7. The van der Waals surface area contributed by atoms with Crippen molar-refractivity contribution in [3.8, 4) is 0 Å². The van der Waals surface area contributed by atoms with Crippen molar-refractivity contribution >= 4 is 11.9 Å². The Bertz CT molecular complexity index is 1250. The van der Waals surface area contributed by atoms with Crippen LogP contribution < -0.4 is 5.32 Å². The Morgan fingerprint density at radius 2 is 0.649 bits per heavy atom. The van der Waals surface area contributed by atoms with E-state index in [9.17, 15) is 19.8 Å². The zero-order valence-corrected chi connectivity index (χ0v) is 52.0. The summed E-state index contributed by atoms with van der Waals surface area (Å²) in [6.07, 6.45) is 84.7. The summed E-state index contributed by atoms with van der Waals surface area (Å²) in [7, 11) is 0. The van der Waals surface area contributed by atoms with Gasteiger partial charge in [0.2, 0.25) is 5.91 Å². The molecule has 2 atom stereocenters. The molecule has 6 nitrogen and oxygen atoms in total. The van der Waals surface area contributed by atoms with Crippen molar-refractivity contribution in [2.75, 3.05) is 13.2 Å². The highest BCUT2D eigenvalue weighted by atomic mass is 16.5. The molecular weight excluding hydrogens is 947 g/mol. The minimum atomic E-state index is -0.664. The number of hydrogen-bond acceptors (Lipinski definition) is 5. The van der Waals surface area contributed by atoms with Crippen LogP contribution in [0.5, 0.6) is 0 Å². The van der Waals surface area contributed by atoms with Crippen molar-refractivity contribution in [3.05, 3.63) is 36.5 Å². The maximum Gasteiger partial charge on any atom is 0.305 e. The van der Waals surface area contributed by atoms with Gasteiger partial charge < -0.3 is 20.3 Å². The van der Waals surface area contributed by atoms with Gasteiger partial charge in [0, 0.05) is 12.8 Å². The van der Waals surface area contributed by atoms with Crippen molar-refractivity contribution in [2.45, 2.75) is 392 Å². The zero-order valence-electron chi connectivity index (χ0n) is 52.0. The monoisotopic (exact) mass is 1080 g/mol. The van der Waals surface area contributed by atoms with Crippen LogP contribution in [0, 0.1) is 0 Å². The lowest BCUT2D eigenvalue weighted by Gasteiger charge is -2.22. The van der Waals surface area contributed by atoms with Crippen LogP contribution in [0.4, 0.5) is 0 Å². The molecule has 1 amide bonds. The first kappa shape index (κ1) is 75.1. The minimum Gasteiger partial charge on any atom is -0.466 e. The Labute approximate surface area is 481 Å². The summed E-state index contributed by atoms with van der Waals surface area (Å²) in [6, 6.07) is -0.541. The molecule has 0 aromatic carbocycles. The zero-order chi connectivity index (χ0) is 55.7. The average Bonchev–Trinajstić information content (AvgIpc) is 3.43. The lowest BCUT2D eigenvalue weighted by molar-refractivity contribution is -0.143. The summed E-state index contributed by atoms with van der Waals surface area (Å²) in [5.74, 6) is -0.0242. The molecule has 0 heterocycles. The molecule has 454 valence electrons. The van der Waals surface area contributed by atoms with E-state index in [2.05, 4.69) is 55.6 Å². The highest BCUT2D eigenvalue weighted by Gasteiger charge is 2.20. The van der Waals surface area contributed by atoms with Gasteiger partial charge in [-0.15, -0.1) is 0 Å². The topological polar surface area (TPSA) is 95.9 Å². The van der Waals surface area contributed by atoms with E-state index in [1.54, 1.807) is 0 Å². The largest absolute Gasteiger partial charge is 0.466 e. The fraction of sp³-hybridized carbons (Fsp3) is 0.887. The van der Waals surface area contributed by atoms with Crippen molar-refractivity contribution in [1.29, 1.82) is 0 Å². The number of carbonyl (C=O) groups excluding carboxylic acids is 2. The van der Waals surface area contributed by atoms with Gasteiger partial charge in [0.05, 0.1) is 25.4 Å². The predicted octanol–water partition coefficient (Wildman–Crippen LogP) is 22.3. The van der Waals surface area contributed by atoms with Crippen LogP contribution in [-0.2, 0) is 14.3 Å². The van der Waals surface area contributed by atoms with E-state index >= 15 is 0 Å². The fourth-order valence-corrected chi connectivity index (χ4v) is 10.8. The summed E-state index contributed by atoms with van der Waals surface area (Å²) >= 11 is 0. The van der Waals surface area contributed by atoms with Crippen LogP contribution in [0.15, 0.2) is 36.5 Å². The molecule has 0 aliphatic rings. The Kier molecular flexibility index (Phi) is 64.9. The van der Waals surface area contributed by atoms with Crippen molar-refractivity contribution in [1.82, 2.24) is 5.32 Å². The third-order valence-corrected chi connectivity index (χ3v) is 16.2. The maximum atomic E-state index is 12.5. The lowest BCUT2D eigenvalue weighted by Crippen LogP contribution is -2.45. The van der Waals surface area contributed by atoms with E-state index < -0.39 is 12.1 Å². The molecule has 0 aromatic heterocycles. The number of unbranched alkanes of at least 4 members (excludes halogenated alkanes) is 48. The van der Waals surface area contributed by atoms with Gasteiger partial charge in [-0.2, -0.15) is 0 Å². The third kappa shape index (κ3) is 63.1. The molecule has 0 aliphatic heterocycles. The maximum absolute atomic E-state index is 12.5. The molecule has 0 rings (SSSR count).